The topological polar surface area (TPSA) is 9.23 Å². The SMILES string of the molecule is CCOC1CC(CC(C)C)C1. The first-order valence-corrected chi connectivity index (χ1v) is 4.84. The highest BCUT2D eigenvalue weighted by molar-refractivity contribution is 4.80. The van der Waals surface area contributed by atoms with E-state index >= 15 is 0 Å². The molecule has 0 radical (unpaired) electrons. The molecular formula is C10H20O. The Balaban J connectivity index is 2.00. The molecule has 66 valence electrons. The Kier molecular flexibility index (Phi) is 3.38. The van der Waals surface area contributed by atoms with Crippen LogP contribution in [0.15, 0.2) is 0 Å². The summed E-state index contributed by atoms with van der Waals surface area (Å²) in [6.07, 6.45) is 4.62. The molecule has 0 aromatic rings. The van der Waals surface area contributed by atoms with Crippen molar-refractivity contribution in [3.05, 3.63) is 0 Å². The minimum atomic E-state index is 0.601. The predicted molar refractivity (Wildman–Crippen MR) is 47.6 cm³/mol. The van der Waals surface area contributed by atoms with Crippen LogP contribution < -0.4 is 0 Å². The highest BCUT2D eigenvalue weighted by atomic mass is 16.5. The summed E-state index contributed by atoms with van der Waals surface area (Å²) >= 11 is 0. The molecule has 0 saturated heterocycles. The van der Waals surface area contributed by atoms with Gasteiger partial charge in [0.25, 0.3) is 0 Å². The zero-order chi connectivity index (χ0) is 8.27. The molecule has 0 spiro atoms. The van der Waals surface area contributed by atoms with E-state index in [1.807, 2.05) is 0 Å². The van der Waals surface area contributed by atoms with Crippen molar-refractivity contribution in [2.24, 2.45) is 11.8 Å². The molecule has 0 heterocycles. The van der Waals surface area contributed by atoms with E-state index in [0.29, 0.717) is 6.10 Å². The lowest BCUT2D eigenvalue weighted by Crippen LogP contribution is -2.32. The molecule has 1 saturated carbocycles. The van der Waals surface area contributed by atoms with Gasteiger partial charge in [-0.15, -0.1) is 0 Å². The third kappa shape index (κ3) is 2.82. The van der Waals surface area contributed by atoms with Gasteiger partial charge in [-0.3, -0.25) is 0 Å². The van der Waals surface area contributed by atoms with Crippen LogP contribution >= 0.6 is 0 Å². The highest BCUT2D eigenvalue weighted by Crippen LogP contribution is 2.34. The minimum Gasteiger partial charge on any atom is -0.378 e. The molecule has 0 amide bonds. The molecule has 0 aromatic carbocycles. The van der Waals surface area contributed by atoms with Crippen molar-refractivity contribution in [1.29, 1.82) is 0 Å². The molecule has 11 heavy (non-hydrogen) atoms. The third-order valence-electron chi connectivity index (χ3n) is 2.40. The average molecular weight is 156 g/mol. The lowest BCUT2D eigenvalue weighted by atomic mass is 9.77. The van der Waals surface area contributed by atoms with Gasteiger partial charge < -0.3 is 4.74 Å². The Morgan fingerprint density at radius 2 is 2.00 bits per heavy atom. The molecular weight excluding hydrogens is 136 g/mol. The van der Waals surface area contributed by atoms with Crippen LogP contribution in [0, 0.1) is 11.8 Å². The molecule has 1 rings (SSSR count). The summed E-state index contributed by atoms with van der Waals surface area (Å²) in [5.41, 5.74) is 0. The van der Waals surface area contributed by atoms with Crippen molar-refractivity contribution in [2.45, 2.75) is 46.1 Å². The molecule has 0 N–H and O–H groups in total. The van der Waals surface area contributed by atoms with Crippen molar-refractivity contribution in [1.82, 2.24) is 0 Å². The van der Waals surface area contributed by atoms with Crippen LogP contribution in [0.2, 0.25) is 0 Å². The van der Waals surface area contributed by atoms with E-state index < -0.39 is 0 Å². The molecule has 1 aliphatic carbocycles. The van der Waals surface area contributed by atoms with E-state index in [9.17, 15) is 0 Å². The van der Waals surface area contributed by atoms with Crippen LogP contribution in [0.1, 0.15) is 40.0 Å². The zero-order valence-electron chi connectivity index (χ0n) is 7.97. The summed E-state index contributed by atoms with van der Waals surface area (Å²) in [6, 6.07) is 0. The Bertz CT molecular complexity index is 103. The van der Waals surface area contributed by atoms with Crippen LogP contribution in [0.4, 0.5) is 0 Å². The van der Waals surface area contributed by atoms with E-state index in [-0.39, 0.29) is 0 Å². The van der Waals surface area contributed by atoms with E-state index in [2.05, 4.69) is 20.8 Å². The normalized spacial score (nSPS) is 30.5. The molecule has 0 bridgehead atoms. The summed E-state index contributed by atoms with van der Waals surface area (Å²) < 4.78 is 5.49. The average Bonchev–Trinajstić information content (AvgIpc) is 1.82. The maximum Gasteiger partial charge on any atom is 0.0580 e. The monoisotopic (exact) mass is 156 g/mol. The third-order valence-corrected chi connectivity index (χ3v) is 2.40. The lowest BCUT2D eigenvalue weighted by Gasteiger charge is -2.35. The van der Waals surface area contributed by atoms with Gasteiger partial charge in [-0.1, -0.05) is 13.8 Å². The summed E-state index contributed by atoms with van der Waals surface area (Å²) in [6.45, 7) is 7.57. The number of rotatable bonds is 4. The van der Waals surface area contributed by atoms with E-state index in [1.54, 1.807) is 0 Å². The van der Waals surface area contributed by atoms with Crippen LogP contribution in [0.3, 0.4) is 0 Å². The van der Waals surface area contributed by atoms with Crippen LogP contribution in [0.25, 0.3) is 0 Å². The number of hydrogen-bond donors (Lipinski definition) is 0. The molecule has 1 nitrogen and oxygen atoms in total. The van der Waals surface area contributed by atoms with Gasteiger partial charge in [-0.05, 0) is 38.0 Å². The van der Waals surface area contributed by atoms with Gasteiger partial charge in [0.05, 0.1) is 6.10 Å². The quantitative estimate of drug-likeness (QED) is 0.608. The molecule has 0 atom stereocenters. The highest BCUT2D eigenvalue weighted by Gasteiger charge is 2.29. The molecule has 1 heteroatoms. The van der Waals surface area contributed by atoms with Gasteiger partial charge in [0, 0.05) is 6.61 Å². The summed E-state index contributed by atoms with van der Waals surface area (Å²) in [5.74, 6) is 1.83. The summed E-state index contributed by atoms with van der Waals surface area (Å²) in [5, 5.41) is 0. The predicted octanol–water partition coefficient (Wildman–Crippen LogP) is 2.85. The first-order valence-electron chi connectivity index (χ1n) is 4.84. The smallest absolute Gasteiger partial charge is 0.0580 e. The number of hydrogen-bond acceptors (Lipinski definition) is 1. The van der Waals surface area contributed by atoms with Crippen LogP contribution in [-0.4, -0.2) is 12.7 Å². The zero-order valence-corrected chi connectivity index (χ0v) is 7.97. The fourth-order valence-electron chi connectivity index (χ4n) is 1.91. The Hall–Kier alpha value is -0.0400. The fraction of sp³-hybridized carbons (Fsp3) is 1.00. The van der Waals surface area contributed by atoms with Crippen molar-refractivity contribution < 1.29 is 4.74 Å². The Morgan fingerprint density at radius 3 is 2.45 bits per heavy atom. The maximum atomic E-state index is 5.49. The van der Waals surface area contributed by atoms with Crippen LogP contribution in [0.5, 0.6) is 0 Å². The molecule has 1 fully saturated rings. The first-order chi connectivity index (χ1) is 5.22. The summed E-state index contributed by atoms with van der Waals surface area (Å²) in [4.78, 5) is 0. The van der Waals surface area contributed by atoms with E-state index in [0.717, 1.165) is 18.4 Å². The Morgan fingerprint density at radius 1 is 1.36 bits per heavy atom. The Labute approximate surface area is 70.1 Å². The second kappa shape index (κ2) is 4.10. The van der Waals surface area contributed by atoms with Gasteiger partial charge in [0.1, 0.15) is 0 Å². The lowest BCUT2D eigenvalue weighted by molar-refractivity contribution is -0.0295. The van der Waals surface area contributed by atoms with Crippen molar-refractivity contribution in [2.75, 3.05) is 6.61 Å². The second-order valence-electron chi connectivity index (χ2n) is 4.04. The van der Waals surface area contributed by atoms with E-state index in [1.165, 1.54) is 19.3 Å². The van der Waals surface area contributed by atoms with Gasteiger partial charge in [-0.25, -0.2) is 0 Å². The maximum absolute atomic E-state index is 5.49. The van der Waals surface area contributed by atoms with E-state index in [4.69, 9.17) is 4.74 Å². The van der Waals surface area contributed by atoms with Gasteiger partial charge >= 0.3 is 0 Å². The fourth-order valence-corrected chi connectivity index (χ4v) is 1.91. The van der Waals surface area contributed by atoms with Crippen molar-refractivity contribution in [3.63, 3.8) is 0 Å². The molecule has 0 aliphatic heterocycles. The van der Waals surface area contributed by atoms with Gasteiger partial charge in [0.2, 0.25) is 0 Å². The summed E-state index contributed by atoms with van der Waals surface area (Å²) in [7, 11) is 0. The number of ether oxygens (including phenoxy) is 1. The molecule has 1 aliphatic rings. The van der Waals surface area contributed by atoms with Gasteiger partial charge in [0.15, 0.2) is 0 Å². The second-order valence-corrected chi connectivity index (χ2v) is 4.04. The standard InChI is InChI=1S/C10H20O/c1-4-11-10-6-9(7-10)5-8(2)3/h8-10H,4-7H2,1-3H3. The van der Waals surface area contributed by atoms with Crippen LogP contribution in [-0.2, 0) is 4.74 Å². The minimum absolute atomic E-state index is 0.601. The first kappa shape index (κ1) is 9.05. The van der Waals surface area contributed by atoms with Crippen molar-refractivity contribution in [3.8, 4) is 0 Å². The molecule has 0 aromatic heterocycles. The van der Waals surface area contributed by atoms with Crippen molar-refractivity contribution >= 4 is 0 Å². The largest absolute Gasteiger partial charge is 0.378 e. The molecule has 0 unspecified atom stereocenters. The van der Waals surface area contributed by atoms with Gasteiger partial charge in [-0.2, -0.15) is 0 Å².